The molecule has 1 aromatic rings. The van der Waals surface area contributed by atoms with E-state index < -0.39 is 0 Å². The van der Waals surface area contributed by atoms with E-state index in [0.29, 0.717) is 17.3 Å². The third kappa shape index (κ3) is 5.75. The molecule has 0 saturated carbocycles. The molecule has 0 bridgehead atoms. The van der Waals surface area contributed by atoms with Gasteiger partial charge in [0.25, 0.3) is 0 Å². The van der Waals surface area contributed by atoms with Crippen LogP contribution in [0.3, 0.4) is 0 Å². The van der Waals surface area contributed by atoms with Crippen molar-refractivity contribution in [2.75, 3.05) is 6.61 Å². The zero-order chi connectivity index (χ0) is 12.5. The number of unbranched alkanes of at least 4 members (excludes halogenated alkanes) is 3. The van der Waals surface area contributed by atoms with E-state index in [9.17, 15) is 0 Å². The number of ether oxygens (including phenoxy) is 1. The lowest BCUT2D eigenvalue weighted by atomic mass is 10.2. The minimum Gasteiger partial charge on any atom is -0.388 e. The van der Waals surface area contributed by atoms with Crippen LogP contribution in [0.25, 0.3) is 0 Å². The minimum absolute atomic E-state index is 0.329. The van der Waals surface area contributed by atoms with Gasteiger partial charge in [0, 0.05) is 12.8 Å². The average molecular weight is 252 g/mol. The fourth-order valence-electron chi connectivity index (χ4n) is 1.52. The molecule has 0 aliphatic carbocycles. The molecule has 0 fully saturated rings. The van der Waals surface area contributed by atoms with Crippen molar-refractivity contribution in [1.82, 2.24) is 4.98 Å². The van der Waals surface area contributed by atoms with Crippen molar-refractivity contribution >= 4 is 17.2 Å². The zero-order valence-electron chi connectivity index (χ0n) is 10.3. The topological polar surface area (TPSA) is 48.1 Å². The Bertz CT molecular complexity index is 355. The summed E-state index contributed by atoms with van der Waals surface area (Å²) in [6.45, 7) is 3.62. The third-order valence-corrected chi connectivity index (χ3v) is 2.70. The normalized spacial score (nSPS) is 10.4. The first-order chi connectivity index (χ1) is 8.24. The first kappa shape index (κ1) is 14.1. The summed E-state index contributed by atoms with van der Waals surface area (Å²) in [5, 5.41) is 0. The van der Waals surface area contributed by atoms with Gasteiger partial charge in [-0.1, -0.05) is 38.4 Å². The van der Waals surface area contributed by atoms with Crippen LogP contribution in [-0.2, 0) is 11.3 Å². The summed E-state index contributed by atoms with van der Waals surface area (Å²) >= 11 is 4.88. The van der Waals surface area contributed by atoms with Crippen LogP contribution in [0.2, 0.25) is 0 Å². The Morgan fingerprint density at radius 1 is 1.41 bits per heavy atom. The molecule has 3 nitrogen and oxygen atoms in total. The van der Waals surface area contributed by atoms with Crippen molar-refractivity contribution in [2.45, 2.75) is 39.2 Å². The molecule has 0 amide bonds. The van der Waals surface area contributed by atoms with Gasteiger partial charge < -0.3 is 10.5 Å². The monoisotopic (exact) mass is 252 g/mol. The van der Waals surface area contributed by atoms with E-state index in [2.05, 4.69) is 11.9 Å². The first-order valence-corrected chi connectivity index (χ1v) is 6.47. The summed E-state index contributed by atoms with van der Waals surface area (Å²) in [5.41, 5.74) is 7.25. The van der Waals surface area contributed by atoms with E-state index >= 15 is 0 Å². The Morgan fingerprint density at radius 2 is 2.24 bits per heavy atom. The van der Waals surface area contributed by atoms with Crippen molar-refractivity contribution in [1.29, 1.82) is 0 Å². The van der Waals surface area contributed by atoms with Crippen molar-refractivity contribution < 1.29 is 4.74 Å². The maximum Gasteiger partial charge on any atom is 0.122 e. The lowest BCUT2D eigenvalue weighted by Crippen LogP contribution is -2.11. The molecule has 0 aliphatic heterocycles. The van der Waals surface area contributed by atoms with E-state index in [1.54, 1.807) is 6.20 Å². The molecule has 0 unspecified atom stereocenters. The summed E-state index contributed by atoms with van der Waals surface area (Å²) < 4.78 is 5.59. The van der Waals surface area contributed by atoms with Gasteiger partial charge in [0.05, 0.1) is 12.3 Å². The van der Waals surface area contributed by atoms with Crippen molar-refractivity contribution in [3.63, 3.8) is 0 Å². The van der Waals surface area contributed by atoms with Crippen LogP contribution in [0.5, 0.6) is 0 Å². The van der Waals surface area contributed by atoms with Crippen molar-refractivity contribution in [3.8, 4) is 0 Å². The van der Waals surface area contributed by atoms with E-state index in [1.165, 1.54) is 19.3 Å². The zero-order valence-corrected chi connectivity index (χ0v) is 11.1. The maximum absolute atomic E-state index is 5.59. The smallest absolute Gasteiger partial charge is 0.122 e. The SMILES string of the molecule is CCCCCCOCc1ccnc(C(N)=S)c1. The predicted molar refractivity (Wildman–Crippen MR) is 73.9 cm³/mol. The molecule has 0 radical (unpaired) electrons. The number of thiocarbonyl (C=S) groups is 1. The van der Waals surface area contributed by atoms with E-state index in [4.69, 9.17) is 22.7 Å². The van der Waals surface area contributed by atoms with Crippen LogP contribution in [0.1, 0.15) is 43.9 Å². The van der Waals surface area contributed by atoms with Crippen molar-refractivity contribution in [3.05, 3.63) is 29.6 Å². The molecule has 0 aromatic carbocycles. The predicted octanol–water partition coefficient (Wildman–Crippen LogP) is 2.81. The average Bonchev–Trinajstić information content (AvgIpc) is 2.34. The summed E-state index contributed by atoms with van der Waals surface area (Å²) in [5.74, 6) is 0. The van der Waals surface area contributed by atoms with Gasteiger partial charge in [-0.3, -0.25) is 4.98 Å². The van der Waals surface area contributed by atoms with Gasteiger partial charge in [-0.25, -0.2) is 0 Å². The van der Waals surface area contributed by atoms with Crippen LogP contribution >= 0.6 is 12.2 Å². The molecule has 94 valence electrons. The molecule has 0 aliphatic rings. The fraction of sp³-hybridized carbons (Fsp3) is 0.538. The van der Waals surface area contributed by atoms with Crippen LogP contribution in [0.4, 0.5) is 0 Å². The van der Waals surface area contributed by atoms with E-state index in [0.717, 1.165) is 18.6 Å². The number of hydrogen-bond donors (Lipinski definition) is 1. The molecule has 0 atom stereocenters. The highest BCUT2D eigenvalue weighted by Crippen LogP contribution is 2.05. The molecule has 1 rings (SSSR count). The second-order valence-corrected chi connectivity index (χ2v) is 4.47. The minimum atomic E-state index is 0.329. The van der Waals surface area contributed by atoms with Gasteiger partial charge in [0.1, 0.15) is 4.99 Å². The van der Waals surface area contributed by atoms with Gasteiger partial charge in [-0.05, 0) is 24.1 Å². The lowest BCUT2D eigenvalue weighted by Gasteiger charge is -2.05. The molecule has 17 heavy (non-hydrogen) atoms. The van der Waals surface area contributed by atoms with Gasteiger partial charge in [0.2, 0.25) is 0 Å². The molecule has 1 heterocycles. The van der Waals surface area contributed by atoms with Gasteiger partial charge in [-0.15, -0.1) is 0 Å². The summed E-state index contributed by atoms with van der Waals surface area (Å²) in [6.07, 6.45) is 6.61. The Morgan fingerprint density at radius 3 is 2.94 bits per heavy atom. The molecular formula is C13H20N2OS. The van der Waals surface area contributed by atoms with Crippen LogP contribution in [-0.4, -0.2) is 16.6 Å². The fourth-order valence-corrected chi connectivity index (χ4v) is 1.63. The van der Waals surface area contributed by atoms with Gasteiger partial charge >= 0.3 is 0 Å². The van der Waals surface area contributed by atoms with Crippen LogP contribution in [0.15, 0.2) is 18.3 Å². The molecule has 4 heteroatoms. The molecule has 1 aromatic heterocycles. The number of nitrogens with two attached hydrogens (primary N) is 1. The summed E-state index contributed by atoms with van der Waals surface area (Å²) in [7, 11) is 0. The maximum atomic E-state index is 5.59. The molecule has 0 spiro atoms. The Hall–Kier alpha value is -1.00. The Labute approximate surface area is 108 Å². The number of hydrogen-bond acceptors (Lipinski definition) is 3. The number of nitrogens with zero attached hydrogens (tertiary/aromatic N) is 1. The number of aromatic nitrogens is 1. The van der Waals surface area contributed by atoms with E-state index in [-0.39, 0.29) is 0 Å². The molecule has 2 N–H and O–H groups in total. The molecule has 0 saturated heterocycles. The largest absolute Gasteiger partial charge is 0.388 e. The number of rotatable bonds is 8. The highest BCUT2D eigenvalue weighted by atomic mass is 32.1. The summed E-state index contributed by atoms with van der Waals surface area (Å²) in [6, 6.07) is 3.81. The highest BCUT2D eigenvalue weighted by molar-refractivity contribution is 7.80. The Kier molecular flexibility index (Phi) is 6.74. The van der Waals surface area contributed by atoms with Crippen molar-refractivity contribution in [2.24, 2.45) is 5.73 Å². The molecular weight excluding hydrogens is 232 g/mol. The highest BCUT2D eigenvalue weighted by Gasteiger charge is 2.00. The van der Waals surface area contributed by atoms with Crippen LogP contribution in [0, 0.1) is 0 Å². The summed E-state index contributed by atoms with van der Waals surface area (Å²) in [4.78, 5) is 4.41. The standard InChI is InChI=1S/C13H20N2OS/c1-2-3-4-5-8-16-10-11-6-7-15-12(9-11)13(14)17/h6-7,9H,2-5,8,10H2,1H3,(H2,14,17). The second kappa shape index (κ2) is 8.14. The Balaban J connectivity index is 2.27. The number of pyridine rings is 1. The lowest BCUT2D eigenvalue weighted by molar-refractivity contribution is 0.117. The van der Waals surface area contributed by atoms with Gasteiger partial charge in [-0.2, -0.15) is 0 Å². The van der Waals surface area contributed by atoms with Crippen LogP contribution < -0.4 is 5.73 Å². The first-order valence-electron chi connectivity index (χ1n) is 6.06. The van der Waals surface area contributed by atoms with Gasteiger partial charge in [0.15, 0.2) is 0 Å². The second-order valence-electron chi connectivity index (χ2n) is 4.03. The quantitative estimate of drug-likeness (QED) is 0.571. The third-order valence-electron chi connectivity index (χ3n) is 2.49. The van der Waals surface area contributed by atoms with E-state index in [1.807, 2.05) is 12.1 Å².